The largest absolute Gasteiger partial charge is 0.493 e. The molecular weight excluding hydrogens is 406 g/mol. The Hall–Kier alpha value is -2.62. The van der Waals surface area contributed by atoms with Crippen molar-refractivity contribution in [2.24, 2.45) is 5.92 Å². The Bertz CT molecular complexity index is 990. The molecule has 9 heteroatoms. The molecule has 2 N–H and O–H groups in total. The van der Waals surface area contributed by atoms with Crippen LogP contribution in [0.2, 0.25) is 0 Å². The van der Waals surface area contributed by atoms with Crippen molar-refractivity contribution in [2.75, 3.05) is 33.6 Å². The molecule has 8 nitrogen and oxygen atoms in total. The van der Waals surface area contributed by atoms with Crippen LogP contribution in [0.25, 0.3) is 11.1 Å². The second kappa shape index (κ2) is 9.92. The number of nitrogens with one attached hydrogen (secondary N) is 2. The van der Waals surface area contributed by atoms with Crippen molar-refractivity contribution >= 4 is 21.8 Å². The molecule has 0 aliphatic heterocycles. The van der Waals surface area contributed by atoms with Gasteiger partial charge >= 0.3 is 0 Å². The molecule has 0 unspecified atom stereocenters. The number of ether oxygens (including phenoxy) is 2. The smallest absolute Gasteiger partial charge is 0.279 e. The molecule has 0 heterocycles. The molecule has 1 amide bonds. The summed E-state index contributed by atoms with van der Waals surface area (Å²) in [6, 6.07) is 11.8. The number of para-hydroxylation sites is 1. The standard InChI is InChI=1S/C21H29N3O5S/c1-14(2)20(23-30(26,27)24(3)4)21(25)22-17-10-8-7-9-16(17)15-11-12-18(28-5)19(13-15)29-6/h7-14,20,23H,1-6H3,(H,22,25)/t20-/m0/s1. The number of rotatable bonds is 9. The van der Waals surface area contributed by atoms with E-state index in [-0.39, 0.29) is 5.92 Å². The summed E-state index contributed by atoms with van der Waals surface area (Å²) < 4.78 is 38.6. The van der Waals surface area contributed by atoms with Crippen LogP contribution in [-0.4, -0.2) is 53.0 Å². The van der Waals surface area contributed by atoms with E-state index in [4.69, 9.17) is 9.47 Å². The predicted octanol–water partition coefficient (Wildman–Crippen LogP) is 2.73. The van der Waals surface area contributed by atoms with Crippen LogP contribution in [-0.2, 0) is 15.0 Å². The van der Waals surface area contributed by atoms with Gasteiger partial charge in [-0.15, -0.1) is 0 Å². The molecule has 164 valence electrons. The number of hydrogen-bond acceptors (Lipinski definition) is 5. The molecule has 1 atom stereocenters. The van der Waals surface area contributed by atoms with Crippen LogP contribution < -0.4 is 19.5 Å². The number of nitrogens with zero attached hydrogens (tertiary/aromatic N) is 1. The second-order valence-electron chi connectivity index (χ2n) is 7.23. The SMILES string of the molecule is COc1ccc(-c2ccccc2NC(=O)[C@@H](NS(=O)(=O)N(C)C)C(C)C)cc1OC. The Balaban J connectivity index is 2.36. The highest BCUT2D eigenvalue weighted by Gasteiger charge is 2.29. The van der Waals surface area contributed by atoms with E-state index in [0.29, 0.717) is 17.2 Å². The molecule has 0 bridgehead atoms. The highest BCUT2D eigenvalue weighted by molar-refractivity contribution is 7.87. The van der Waals surface area contributed by atoms with Gasteiger partial charge in [0.2, 0.25) is 5.91 Å². The molecule has 0 radical (unpaired) electrons. The molecule has 2 aromatic carbocycles. The van der Waals surface area contributed by atoms with Crippen LogP contribution in [0.3, 0.4) is 0 Å². The lowest BCUT2D eigenvalue weighted by Crippen LogP contribution is -2.50. The minimum Gasteiger partial charge on any atom is -0.493 e. The summed E-state index contributed by atoms with van der Waals surface area (Å²) in [5.74, 6) is 0.465. The van der Waals surface area contributed by atoms with Gasteiger partial charge in [0.25, 0.3) is 10.2 Å². The zero-order valence-corrected chi connectivity index (χ0v) is 18.9. The summed E-state index contributed by atoms with van der Waals surface area (Å²) >= 11 is 0. The highest BCUT2D eigenvalue weighted by atomic mass is 32.2. The third kappa shape index (κ3) is 5.50. The van der Waals surface area contributed by atoms with Crippen LogP contribution in [0.5, 0.6) is 11.5 Å². The molecule has 0 aliphatic carbocycles. The Labute approximate surface area is 178 Å². The van der Waals surface area contributed by atoms with Gasteiger partial charge in [0.15, 0.2) is 11.5 Å². The zero-order chi connectivity index (χ0) is 22.5. The molecular formula is C21H29N3O5S. The topological polar surface area (TPSA) is 97.0 Å². The van der Waals surface area contributed by atoms with Gasteiger partial charge in [0.1, 0.15) is 6.04 Å². The van der Waals surface area contributed by atoms with E-state index in [2.05, 4.69) is 10.0 Å². The van der Waals surface area contributed by atoms with Crippen LogP contribution in [0.4, 0.5) is 5.69 Å². The number of hydrogen-bond donors (Lipinski definition) is 2. The van der Waals surface area contributed by atoms with Crippen molar-refractivity contribution < 1.29 is 22.7 Å². The van der Waals surface area contributed by atoms with Gasteiger partial charge in [0.05, 0.1) is 14.2 Å². The summed E-state index contributed by atoms with van der Waals surface area (Å²) in [5.41, 5.74) is 2.15. The van der Waals surface area contributed by atoms with Gasteiger partial charge in [-0.05, 0) is 29.7 Å². The van der Waals surface area contributed by atoms with Crippen LogP contribution >= 0.6 is 0 Å². The monoisotopic (exact) mass is 435 g/mol. The first-order valence-electron chi connectivity index (χ1n) is 9.42. The molecule has 0 saturated carbocycles. The van der Waals surface area contributed by atoms with E-state index >= 15 is 0 Å². The highest BCUT2D eigenvalue weighted by Crippen LogP contribution is 2.35. The average Bonchev–Trinajstić information content (AvgIpc) is 2.71. The predicted molar refractivity (Wildman–Crippen MR) is 118 cm³/mol. The molecule has 0 aromatic heterocycles. The molecule has 2 rings (SSSR count). The number of anilines is 1. The zero-order valence-electron chi connectivity index (χ0n) is 18.1. The fraction of sp³-hybridized carbons (Fsp3) is 0.381. The van der Waals surface area contributed by atoms with Crippen LogP contribution in [0.15, 0.2) is 42.5 Å². The quantitative estimate of drug-likeness (QED) is 0.631. The normalized spacial score (nSPS) is 12.7. The van der Waals surface area contributed by atoms with Crippen molar-refractivity contribution in [3.05, 3.63) is 42.5 Å². The Morgan fingerprint density at radius 3 is 2.20 bits per heavy atom. The van der Waals surface area contributed by atoms with E-state index in [9.17, 15) is 13.2 Å². The number of carbonyl (C=O) groups is 1. The summed E-state index contributed by atoms with van der Waals surface area (Å²) in [7, 11) is 2.16. The van der Waals surface area contributed by atoms with Crippen LogP contribution in [0.1, 0.15) is 13.8 Å². The molecule has 0 aliphatic rings. The summed E-state index contributed by atoms with van der Waals surface area (Å²) in [6.45, 7) is 3.56. The average molecular weight is 436 g/mol. The third-order valence-corrected chi connectivity index (χ3v) is 6.10. The molecule has 2 aromatic rings. The van der Waals surface area contributed by atoms with Crippen molar-refractivity contribution in [3.63, 3.8) is 0 Å². The number of methoxy groups -OCH3 is 2. The maximum Gasteiger partial charge on any atom is 0.279 e. The van der Waals surface area contributed by atoms with Gasteiger partial charge in [-0.1, -0.05) is 38.1 Å². The second-order valence-corrected chi connectivity index (χ2v) is 9.15. The van der Waals surface area contributed by atoms with Crippen molar-refractivity contribution in [1.82, 2.24) is 9.03 Å². The Kier molecular flexibility index (Phi) is 7.83. The van der Waals surface area contributed by atoms with Gasteiger partial charge in [-0.2, -0.15) is 17.4 Å². The molecule has 0 fully saturated rings. The lowest BCUT2D eigenvalue weighted by atomic mass is 10.0. The maximum atomic E-state index is 13.0. The summed E-state index contributed by atoms with van der Waals surface area (Å²) in [5, 5.41) is 2.86. The molecule has 0 spiro atoms. The van der Waals surface area contributed by atoms with Gasteiger partial charge in [-0.3, -0.25) is 4.79 Å². The lowest BCUT2D eigenvalue weighted by molar-refractivity contribution is -0.118. The van der Waals surface area contributed by atoms with Gasteiger partial charge in [0, 0.05) is 25.3 Å². The third-order valence-electron chi connectivity index (χ3n) is 4.59. The Morgan fingerprint density at radius 1 is 1.00 bits per heavy atom. The number of carbonyl (C=O) groups excluding carboxylic acids is 1. The fourth-order valence-electron chi connectivity index (χ4n) is 2.82. The van der Waals surface area contributed by atoms with E-state index in [0.717, 1.165) is 15.4 Å². The van der Waals surface area contributed by atoms with Crippen molar-refractivity contribution in [3.8, 4) is 22.6 Å². The first-order chi connectivity index (χ1) is 14.1. The van der Waals surface area contributed by atoms with Crippen molar-refractivity contribution in [2.45, 2.75) is 19.9 Å². The van der Waals surface area contributed by atoms with Gasteiger partial charge in [-0.25, -0.2) is 0 Å². The van der Waals surface area contributed by atoms with Gasteiger partial charge < -0.3 is 14.8 Å². The van der Waals surface area contributed by atoms with Crippen LogP contribution in [0, 0.1) is 5.92 Å². The maximum absolute atomic E-state index is 13.0. The fourth-order valence-corrected chi connectivity index (χ4v) is 3.73. The molecule has 30 heavy (non-hydrogen) atoms. The van der Waals surface area contributed by atoms with E-state index in [1.807, 2.05) is 24.3 Å². The van der Waals surface area contributed by atoms with E-state index < -0.39 is 22.2 Å². The van der Waals surface area contributed by atoms with E-state index in [1.165, 1.54) is 14.1 Å². The van der Waals surface area contributed by atoms with E-state index in [1.54, 1.807) is 46.3 Å². The first kappa shape index (κ1) is 23.7. The summed E-state index contributed by atoms with van der Waals surface area (Å²) in [6.07, 6.45) is 0. The minimum atomic E-state index is -3.77. The lowest BCUT2D eigenvalue weighted by Gasteiger charge is -2.24. The Morgan fingerprint density at radius 2 is 1.63 bits per heavy atom. The summed E-state index contributed by atoms with van der Waals surface area (Å²) in [4.78, 5) is 13.0. The number of benzene rings is 2. The minimum absolute atomic E-state index is 0.257. The van der Waals surface area contributed by atoms with Crippen molar-refractivity contribution in [1.29, 1.82) is 0 Å². The molecule has 0 saturated heterocycles. The first-order valence-corrected chi connectivity index (χ1v) is 10.9. The number of amides is 1.